The molecule has 2 saturated heterocycles. The van der Waals surface area contributed by atoms with Crippen LogP contribution >= 0.6 is 0 Å². The van der Waals surface area contributed by atoms with Crippen LogP contribution in [0.25, 0.3) is 0 Å². The Balaban J connectivity index is 1.49. The van der Waals surface area contributed by atoms with Crippen molar-refractivity contribution in [2.75, 3.05) is 13.1 Å². The second-order valence-corrected chi connectivity index (χ2v) is 7.69. The van der Waals surface area contributed by atoms with E-state index in [0.29, 0.717) is 24.8 Å². The summed E-state index contributed by atoms with van der Waals surface area (Å²) in [6.07, 6.45) is 7.86. The summed E-state index contributed by atoms with van der Waals surface area (Å²) >= 11 is 0. The molecule has 1 amide bonds. The van der Waals surface area contributed by atoms with Crippen molar-refractivity contribution in [3.63, 3.8) is 0 Å². The van der Waals surface area contributed by atoms with Crippen molar-refractivity contribution in [3.8, 4) is 0 Å². The van der Waals surface area contributed by atoms with Gasteiger partial charge in [0.25, 0.3) is 0 Å². The Morgan fingerprint density at radius 1 is 1.12 bits per heavy atom. The van der Waals surface area contributed by atoms with Gasteiger partial charge < -0.3 is 15.3 Å². The van der Waals surface area contributed by atoms with Crippen LogP contribution in [0.3, 0.4) is 0 Å². The maximum Gasteiger partial charge on any atom is 0.326 e. The monoisotopic (exact) mass is 358 g/mol. The normalized spacial score (nSPS) is 24.5. The number of carboxylic acid groups (broad SMARTS) is 1. The van der Waals surface area contributed by atoms with E-state index in [9.17, 15) is 14.7 Å². The first kappa shape index (κ1) is 18.9. The highest BCUT2D eigenvalue weighted by molar-refractivity contribution is 5.83. The molecule has 5 nitrogen and oxygen atoms in total. The van der Waals surface area contributed by atoms with Gasteiger partial charge in [0, 0.05) is 18.9 Å². The molecule has 0 bridgehead atoms. The third-order valence-corrected chi connectivity index (χ3v) is 5.89. The van der Waals surface area contributed by atoms with Crippen LogP contribution in [-0.2, 0) is 16.0 Å². The molecule has 1 aromatic rings. The summed E-state index contributed by atoms with van der Waals surface area (Å²) in [5, 5.41) is 12.2. The predicted molar refractivity (Wildman–Crippen MR) is 101 cm³/mol. The van der Waals surface area contributed by atoms with Crippen molar-refractivity contribution in [1.82, 2.24) is 10.2 Å². The van der Waals surface area contributed by atoms with Gasteiger partial charge in [0.05, 0.1) is 0 Å². The number of carbonyl (C=O) groups is 2. The Morgan fingerprint density at radius 2 is 1.88 bits per heavy atom. The Bertz CT molecular complexity index is 603. The van der Waals surface area contributed by atoms with Crippen LogP contribution in [0.4, 0.5) is 0 Å². The first-order valence-corrected chi connectivity index (χ1v) is 9.93. The third kappa shape index (κ3) is 5.07. The van der Waals surface area contributed by atoms with Crippen LogP contribution in [0.5, 0.6) is 0 Å². The smallest absolute Gasteiger partial charge is 0.326 e. The standard InChI is InChI=1S/C21H30N2O3/c24-20(22-18(21(25)26)15-16-7-2-1-3-8-16)12-11-17-9-6-14-23-13-5-4-10-19(17)23/h1-3,7-8,17-19H,4-6,9-15H2,(H,22,24)(H,25,26)/t17-,18-,19+/m0/s1. The number of carbonyl (C=O) groups excluding carboxylic acids is 1. The fourth-order valence-electron chi connectivity index (χ4n) is 4.55. The number of aliphatic carboxylic acids is 1. The summed E-state index contributed by atoms with van der Waals surface area (Å²) in [6.45, 7) is 2.40. The topological polar surface area (TPSA) is 69.6 Å². The molecule has 3 atom stereocenters. The van der Waals surface area contributed by atoms with Gasteiger partial charge in [-0.2, -0.15) is 0 Å². The lowest BCUT2D eigenvalue weighted by atomic mass is 9.81. The Labute approximate surface area is 155 Å². The minimum absolute atomic E-state index is 0.138. The van der Waals surface area contributed by atoms with Crippen molar-refractivity contribution in [2.45, 2.75) is 63.5 Å². The summed E-state index contributed by atoms with van der Waals surface area (Å²) in [5.41, 5.74) is 0.922. The molecule has 0 unspecified atom stereocenters. The molecule has 0 radical (unpaired) electrons. The Hall–Kier alpha value is -1.88. The molecule has 2 aliphatic heterocycles. The Morgan fingerprint density at radius 3 is 2.65 bits per heavy atom. The van der Waals surface area contributed by atoms with Crippen molar-refractivity contribution in [1.29, 1.82) is 0 Å². The molecule has 26 heavy (non-hydrogen) atoms. The molecule has 2 fully saturated rings. The average Bonchev–Trinajstić information content (AvgIpc) is 2.66. The van der Waals surface area contributed by atoms with E-state index < -0.39 is 12.0 Å². The van der Waals surface area contributed by atoms with Crippen molar-refractivity contribution in [3.05, 3.63) is 35.9 Å². The molecule has 3 rings (SSSR count). The second-order valence-electron chi connectivity index (χ2n) is 7.69. The largest absolute Gasteiger partial charge is 0.480 e. The van der Waals surface area contributed by atoms with Gasteiger partial charge in [-0.3, -0.25) is 4.79 Å². The lowest BCUT2D eigenvalue weighted by Gasteiger charge is -2.44. The fourth-order valence-corrected chi connectivity index (χ4v) is 4.55. The highest BCUT2D eigenvalue weighted by atomic mass is 16.4. The van der Waals surface area contributed by atoms with Gasteiger partial charge in [0.1, 0.15) is 6.04 Å². The van der Waals surface area contributed by atoms with Crippen LogP contribution in [0, 0.1) is 5.92 Å². The third-order valence-electron chi connectivity index (χ3n) is 5.89. The quantitative estimate of drug-likeness (QED) is 0.786. The zero-order chi connectivity index (χ0) is 18.4. The van der Waals surface area contributed by atoms with Crippen molar-refractivity contribution >= 4 is 11.9 Å². The highest BCUT2D eigenvalue weighted by Crippen LogP contribution is 2.33. The minimum atomic E-state index is -0.974. The lowest BCUT2D eigenvalue weighted by molar-refractivity contribution is -0.141. The van der Waals surface area contributed by atoms with Crippen molar-refractivity contribution in [2.24, 2.45) is 5.92 Å². The number of piperidine rings is 2. The molecule has 142 valence electrons. The molecular formula is C21H30N2O3. The summed E-state index contributed by atoms with van der Waals surface area (Å²) in [4.78, 5) is 26.5. The first-order chi connectivity index (χ1) is 12.6. The number of hydrogen-bond donors (Lipinski definition) is 2. The number of nitrogens with zero attached hydrogens (tertiary/aromatic N) is 1. The number of carboxylic acids is 1. The zero-order valence-corrected chi connectivity index (χ0v) is 15.4. The number of hydrogen-bond acceptors (Lipinski definition) is 3. The van der Waals surface area contributed by atoms with E-state index in [1.165, 1.54) is 45.2 Å². The van der Waals surface area contributed by atoms with E-state index in [0.717, 1.165) is 12.0 Å². The first-order valence-electron chi connectivity index (χ1n) is 9.93. The van der Waals surface area contributed by atoms with E-state index >= 15 is 0 Å². The maximum atomic E-state index is 12.4. The maximum absolute atomic E-state index is 12.4. The van der Waals surface area contributed by atoms with E-state index in [2.05, 4.69) is 10.2 Å². The van der Waals surface area contributed by atoms with Gasteiger partial charge in [-0.25, -0.2) is 4.79 Å². The van der Waals surface area contributed by atoms with Crippen LogP contribution in [0.15, 0.2) is 30.3 Å². The van der Waals surface area contributed by atoms with Crippen LogP contribution in [-0.4, -0.2) is 47.1 Å². The van der Waals surface area contributed by atoms with Gasteiger partial charge in [-0.05, 0) is 56.7 Å². The molecule has 0 aromatic heterocycles. The van der Waals surface area contributed by atoms with Crippen LogP contribution < -0.4 is 5.32 Å². The molecule has 2 heterocycles. The van der Waals surface area contributed by atoms with E-state index in [1.54, 1.807) is 0 Å². The summed E-state index contributed by atoms with van der Waals surface area (Å²) in [6, 6.07) is 9.22. The highest BCUT2D eigenvalue weighted by Gasteiger charge is 2.33. The second kappa shape index (κ2) is 9.17. The van der Waals surface area contributed by atoms with Gasteiger partial charge in [-0.15, -0.1) is 0 Å². The predicted octanol–water partition coefficient (Wildman–Crippen LogP) is 2.84. The zero-order valence-electron chi connectivity index (χ0n) is 15.4. The van der Waals surface area contributed by atoms with Crippen LogP contribution in [0.1, 0.15) is 50.5 Å². The number of fused-ring (bicyclic) bond motifs is 1. The summed E-state index contributed by atoms with van der Waals surface area (Å²) in [5.74, 6) is -0.535. The molecule has 2 aliphatic rings. The minimum Gasteiger partial charge on any atom is -0.480 e. The molecule has 5 heteroatoms. The number of nitrogens with one attached hydrogen (secondary N) is 1. The summed E-state index contributed by atoms with van der Waals surface area (Å²) < 4.78 is 0. The van der Waals surface area contributed by atoms with Crippen molar-refractivity contribution < 1.29 is 14.7 Å². The fraction of sp³-hybridized carbons (Fsp3) is 0.619. The molecule has 2 N–H and O–H groups in total. The molecule has 0 aliphatic carbocycles. The molecule has 0 saturated carbocycles. The SMILES string of the molecule is O=C(CC[C@@H]1CCCN2CCCC[C@H]12)N[C@@H](Cc1ccccc1)C(=O)O. The lowest BCUT2D eigenvalue weighted by Crippen LogP contribution is -2.48. The van der Waals surface area contributed by atoms with Gasteiger partial charge >= 0.3 is 5.97 Å². The van der Waals surface area contributed by atoms with Crippen LogP contribution in [0.2, 0.25) is 0 Å². The number of rotatable bonds is 7. The average molecular weight is 358 g/mol. The number of amides is 1. The van der Waals surface area contributed by atoms with Gasteiger partial charge in [0.15, 0.2) is 0 Å². The number of benzene rings is 1. The van der Waals surface area contributed by atoms with E-state index in [4.69, 9.17) is 0 Å². The summed E-state index contributed by atoms with van der Waals surface area (Å²) in [7, 11) is 0. The van der Waals surface area contributed by atoms with E-state index in [1.807, 2.05) is 30.3 Å². The van der Waals surface area contributed by atoms with Gasteiger partial charge in [-0.1, -0.05) is 36.8 Å². The molecule has 1 aromatic carbocycles. The van der Waals surface area contributed by atoms with E-state index in [-0.39, 0.29) is 5.91 Å². The molecular weight excluding hydrogens is 328 g/mol. The van der Waals surface area contributed by atoms with Gasteiger partial charge in [0.2, 0.25) is 5.91 Å². The Kier molecular flexibility index (Phi) is 6.67. The molecule has 0 spiro atoms.